The summed E-state index contributed by atoms with van der Waals surface area (Å²) in [5.74, 6) is -0.624. The van der Waals surface area contributed by atoms with Crippen LogP contribution in [0.3, 0.4) is 0 Å². The molecule has 0 aliphatic carbocycles. The molecule has 2 aromatic carbocycles. The number of hydrogen-bond donors (Lipinski definition) is 3. The number of aromatic nitrogens is 6. The summed E-state index contributed by atoms with van der Waals surface area (Å²) in [4.78, 5) is 50.3. The molecule has 0 saturated heterocycles. The molecular weight excluding hydrogens is 668 g/mol. The zero-order chi connectivity index (χ0) is 35.9. The van der Waals surface area contributed by atoms with Gasteiger partial charge in [-0.2, -0.15) is 5.21 Å². The van der Waals surface area contributed by atoms with Gasteiger partial charge in [0.25, 0.3) is 5.09 Å². The van der Waals surface area contributed by atoms with Crippen molar-refractivity contribution in [3.05, 3.63) is 80.9 Å². The van der Waals surface area contributed by atoms with Crippen molar-refractivity contribution in [2.24, 2.45) is 22.4 Å². The first-order valence-electron chi connectivity index (χ1n) is 16.4. The molecule has 0 fully saturated rings. The van der Waals surface area contributed by atoms with E-state index < -0.39 is 17.0 Å². The van der Waals surface area contributed by atoms with Crippen LogP contribution in [0.1, 0.15) is 73.7 Å². The SMILES string of the molecule is CCCCc1nc(Cl)c(C(=O)C[C@@H](CCCN=C(N)N)C(=O)OCCCCO[N+](=O)[O-])n1Cc1ccc(-c2ccccc2-c2nn[nH]n2)cc1. The molecule has 50 heavy (non-hydrogen) atoms. The lowest BCUT2D eigenvalue weighted by Gasteiger charge is -2.17. The van der Waals surface area contributed by atoms with Gasteiger partial charge < -0.3 is 25.6 Å². The third-order valence-corrected chi connectivity index (χ3v) is 8.15. The number of carbonyl (C=O) groups is 2. The highest BCUT2D eigenvalue weighted by Gasteiger charge is 2.29. The molecule has 4 rings (SSSR count). The fraction of sp³-hybridized carbons (Fsp3) is 0.424. The normalized spacial score (nSPS) is 11.6. The number of imidazole rings is 1. The van der Waals surface area contributed by atoms with Crippen LogP contribution in [0.5, 0.6) is 0 Å². The molecule has 0 bridgehead atoms. The molecule has 5 N–H and O–H groups in total. The van der Waals surface area contributed by atoms with E-state index in [2.05, 4.69) is 42.4 Å². The summed E-state index contributed by atoms with van der Waals surface area (Å²) < 4.78 is 7.28. The van der Waals surface area contributed by atoms with Crippen molar-refractivity contribution in [2.75, 3.05) is 19.8 Å². The molecule has 0 saturated carbocycles. The van der Waals surface area contributed by atoms with Crippen molar-refractivity contribution in [3.8, 4) is 22.5 Å². The minimum Gasteiger partial charge on any atom is -0.465 e. The van der Waals surface area contributed by atoms with Crippen molar-refractivity contribution < 1.29 is 24.3 Å². The number of benzene rings is 2. The van der Waals surface area contributed by atoms with Gasteiger partial charge in [0.15, 0.2) is 16.9 Å². The van der Waals surface area contributed by atoms with E-state index in [1.807, 2.05) is 53.1 Å². The number of hydrogen-bond acceptors (Lipinski definition) is 11. The van der Waals surface area contributed by atoms with Crippen LogP contribution in [0, 0.1) is 16.0 Å². The van der Waals surface area contributed by atoms with Crippen LogP contribution < -0.4 is 11.5 Å². The summed E-state index contributed by atoms with van der Waals surface area (Å²) in [6, 6.07) is 15.7. The number of carbonyl (C=O) groups excluding carboxylic acids is 2. The monoisotopic (exact) mass is 708 g/mol. The molecule has 0 unspecified atom stereocenters. The largest absolute Gasteiger partial charge is 0.465 e. The number of aryl methyl sites for hydroxylation is 1. The number of guanidine groups is 1. The first-order chi connectivity index (χ1) is 24.2. The third kappa shape index (κ3) is 10.8. The van der Waals surface area contributed by atoms with Crippen LogP contribution in [0.15, 0.2) is 53.5 Å². The number of tetrazole rings is 1. The van der Waals surface area contributed by atoms with Crippen LogP contribution in [-0.2, 0) is 27.3 Å². The van der Waals surface area contributed by atoms with Crippen LogP contribution in [0.2, 0.25) is 5.15 Å². The number of aliphatic imine (C=N–C) groups is 1. The maximum atomic E-state index is 14.0. The molecule has 266 valence electrons. The predicted octanol–water partition coefficient (Wildman–Crippen LogP) is 4.55. The Kier molecular flexibility index (Phi) is 14.2. The second-order valence-corrected chi connectivity index (χ2v) is 11.9. The number of ether oxygens (including phenoxy) is 1. The number of nitrogens with two attached hydrogens (primary N) is 2. The molecular formula is C33H41ClN10O6. The smallest absolute Gasteiger partial charge is 0.309 e. The van der Waals surface area contributed by atoms with Gasteiger partial charge in [0.1, 0.15) is 11.5 Å². The van der Waals surface area contributed by atoms with Crippen LogP contribution in [0.4, 0.5) is 0 Å². The van der Waals surface area contributed by atoms with E-state index in [1.54, 1.807) is 0 Å². The minimum absolute atomic E-state index is 0.0218. The van der Waals surface area contributed by atoms with Crippen molar-refractivity contribution in [1.82, 2.24) is 30.2 Å². The molecule has 16 nitrogen and oxygen atoms in total. The van der Waals surface area contributed by atoms with Crippen LogP contribution >= 0.6 is 11.6 Å². The molecule has 0 radical (unpaired) electrons. The number of nitrogens with zero attached hydrogens (tertiary/aromatic N) is 7. The van der Waals surface area contributed by atoms with E-state index in [4.69, 9.17) is 27.8 Å². The fourth-order valence-corrected chi connectivity index (χ4v) is 5.72. The average molecular weight is 709 g/mol. The van der Waals surface area contributed by atoms with Crippen molar-refractivity contribution in [1.29, 1.82) is 0 Å². The highest BCUT2D eigenvalue weighted by Crippen LogP contribution is 2.31. The van der Waals surface area contributed by atoms with E-state index in [0.29, 0.717) is 43.9 Å². The van der Waals surface area contributed by atoms with Gasteiger partial charge in [0, 0.05) is 31.5 Å². The molecule has 17 heteroatoms. The first kappa shape index (κ1) is 37.4. The van der Waals surface area contributed by atoms with Gasteiger partial charge in [-0.3, -0.25) is 14.6 Å². The van der Waals surface area contributed by atoms with Gasteiger partial charge in [-0.1, -0.05) is 73.5 Å². The number of ketones is 1. The Morgan fingerprint density at radius 3 is 2.48 bits per heavy atom. The number of nitrogens with one attached hydrogen (secondary N) is 1. The summed E-state index contributed by atoms with van der Waals surface area (Å²) in [7, 11) is 0. The van der Waals surface area contributed by atoms with E-state index in [1.165, 1.54) is 0 Å². The molecule has 0 spiro atoms. The van der Waals surface area contributed by atoms with E-state index in [9.17, 15) is 19.7 Å². The number of aromatic amines is 1. The summed E-state index contributed by atoms with van der Waals surface area (Å²) in [5, 5.41) is 24.0. The molecule has 0 amide bonds. The summed E-state index contributed by atoms with van der Waals surface area (Å²) >= 11 is 6.65. The highest BCUT2D eigenvalue weighted by atomic mass is 35.5. The van der Waals surface area contributed by atoms with Gasteiger partial charge in [-0.15, -0.1) is 20.3 Å². The van der Waals surface area contributed by atoms with Gasteiger partial charge in [-0.25, -0.2) is 4.98 Å². The van der Waals surface area contributed by atoms with E-state index in [-0.39, 0.29) is 55.2 Å². The number of halogens is 1. The molecule has 4 aromatic rings. The highest BCUT2D eigenvalue weighted by molar-refractivity contribution is 6.32. The van der Waals surface area contributed by atoms with Crippen molar-refractivity contribution >= 4 is 29.3 Å². The van der Waals surface area contributed by atoms with Crippen molar-refractivity contribution in [3.63, 3.8) is 0 Å². The Hall–Kier alpha value is -5.38. The molecule has 2 aromatic heterocycles. The summed E-state index contributed by atoms with van der Waals surface area (Å²) in [6.45, 7) is 2.59. The summed E-state index contributed by atoms with van der Waals surface area (Å²) in [5.41, 5.74) is 14.8. The molecule has 0 aliphatic rings. The second-order valence-electron chi connectivity index (χ2n) is 11.5. The Labute approximate surface area is 293 Å². The molecule has 2 heterocycles. The average Bonchev–Trinajstić information content (AvgIpc) is 3.74. The minimum atomic E-state index is -0.873. The fourth-order valence-electron chi connectivity index (χ4n) is 5.41. The number of unbranched alkanes of at least 4 members (excludes halogenated alkanes) is 2. The lowest BCUT2D eigenvalue weighted by Crippen LogP contribution is -2.25. The Morgan fingerprint density at radius 1 is 1.06 bits per heavy atom. The Balaban J connectivity index is 1.54. The van der Waals surface area contributed by atoms with Crippen molar-refractivity contribution in [2.45, 2.75) is 64.8 Å². The number of rotatable bonds is 21. The number of Topliss-reactive ketones (excluding diaryl/α,β-unsaturated/α-hetero) is 1. The van der Waals surface area contributed by atoms with Gasteiger partial charge in [-0.05, 0) is 54.0 Å². The van der Waals surface area contributed by atoms with E-state index in [0.717, 1.165) is 35.1 Å². The quantitative estimate of drug-likeness (QED) is 0.0206. The Bertz CT molecular complexity index is 1740. The van der Waals surface area contributed by atoms with Crippen LogP contribution in [-0.4, -0.2) is 72.7 Å². The van der Waals surface area contributed by atoms with Crippen LogP contribution in [0.25, 0.3) is 22.5 Å². The topological polar surface area (TPSA) is 232 Å². The standard InChI is InChI=1S/C33H41ClN10O6/c1-2-3-12-28-38-30(34)29(27(45)20-24(9-8-17-37-33(35)36)32(46)49-18-6-7-19-50-44(47)48)43(28)21-22-13-15-23(16-14-22)25-10-4-5-11-26(25)31-39-41-42-40-31/h4-5,10-11,13-16,24H,2-3,6-9,12,17-21H2,1H3,(H4,35,36,37)(H,39,40,41,42)/t24-/m1/s1. The predicted molar refractivity (Wildman–Crippen MR) is 185 cm³/mol. The third-order valence-electron chi connectivity index (χ3n) is 7.89. The lowest BCUT2D eigenvalue weighted by atomic mass is 9.95. The number of H-pyrrole nitrogens is 1. The zero-order valence-corrected chi connectivity index (χ0v) is 28.6. The molecule has 0 aliphatic heterocycles. The first-order valence-corrected chi connectivity index (χ1v) is 16.7. The number of esters is 1. The maximum Gasteiger partial charge on any atom is 0.309 e. The van der Waals surface area contributed by atoms with E-state index >= 15 is 0 Å². The lowest BCUT2D eigenvalue weighted by molar-refractivity contribution is -0.757. The maximum absolute atomic E-state index is 14.0. The van der Waals surface area contributed by atoms with Gasteiger partial charge in [0.2, 0.25) is 5.82 Å². The zero-order valence-electron chi connectivity index (χ0n) is 27.8. The Morgan fingerprint density at radius 2 is 1.80 bits per heavy atom. The molecule has 1 atom stereocenters. The van der Waals surface area contributed by atoms with Gasteiger partial charge in [0.05, 0.1) is 19.1 Å². The van der Waals surface area contributed by atoms with Gasteiger partial charge >= 0.3 is 5.97 Å². The second kappa shape index (κ2) is 19.0. The summed E-state index contributed by atoms with van der Waals surface area (Å²) in [6.07, 6.45) is 3.60.